The first-order valence-corrected chi connectivity index (χ1v) is 10.6. The molecule has 1 amide bonds. The van der Waals surface area contributed by atoms with Crippen LogP contribution in [-0.4, -0.2) is 85.6 Å². The van der Waals surface area contributed by atoms with E-state index in [9.17, 15) is 18.0 Å². The predicted octanol–water partition coefficient (Wildman–Crippen LogP) is 2.52. The average molecular weight is 410 g/mol. The fourth-order valence-corrected chi connectivity index (χ4v) is 4.41. The molecule has 160 valence electrons. The molecule has 0 N–H and O–H groups in total. The molecule has 3 aliphatic rings. The molecule has 2 aliphatic heterocycles. The van der Waals surface area contributed by atoms with Crippen LogP contribution in [0.15, 0.2) is 24.3 Å². The lowest BCUT2D eigenvalue weighted by molar-refractivity contribution is -0.137. The third kappa shape index (κ3) is 4.86. The lowest BCUT2D eigenvalue weighted by Gasteiger charge is -2.43. The van der Waals surface area contributed by atoms with Crippen LogP contribution in [0.4, 0.5) is 18.9 Å². The minimum absolute atomic E-state index is 0.196. The second kappa shape index (κ2) is 8.52. The van der Waals surface area contributed by atoms with E-state index in [1.807, 2.05) is 4.90 Å². The number of carbonyl (C=O) groups excluding carboxylic acids is 1. The molecule has 4 rings (SSSR count). The number of alkyl halides is 3. The quantitative estimate of drug-likeness (QED) is 0.763. The zero-order valence-electron chi connectivity index (χ0n) is 16.7. The number of amides is 1. The van der Waals surface area contributed by atoms with Crippen molar-refractivity contribution in [2.75, 3.05) is 63.8 Å². The Morgan fingerprint density at radius 2 is 1.52 bits per heavy atom. The first-order valence-electron chi connectivity index (χ1n) is 10.6. The molecule has 1 aromatic carbocycles. The van der Waals surface area contributed by atoms with E-state index >= 15 is 0 Å². The average Bonchev–Trinajstić information content (AvgIpc) is 2.67. The summed E-state index contributed by atoms with van der Waals surface area (Å²) in [5.74, 6) is 0.196. The highest BCUT2D eigenvalue weighted by molar-refractivity contribution is 5.78. The molecule has 8 heteroatoms. The van der Waals surface area contributed by atoms with E-state index < -0.39 is 11.7 Å². The third-order valence-corrected chi connectivity index (χ3v) is 6.55. The molecule has 0 radical (unpaired) electrons. The smallest absolute Gasteiger partial charge is 0.369 e. The predicted molar refractivity (Wildman–Crippen MR) is 106 cm³/mol. The zero-order valence-corrected chi connectivity index (χ0v) is 16.7. The molecule has 1 aromatic rings. The van der Waals surface area contributed by atoms with Gasteiger partial charge >= 0.3 is 6.18 Å². The van der Waals surface area contributed by atoms with Gasteiger partial charge < -0.3 is 9.80 Å². The highest BCUT2D eigenvalue weighted by atomic mass is 19.4. The molecular weight excluding hydrogens is 381 g/mol. The monoisotopic (exact) mass is 410 g/mol. The molecule has 2 heterocycles. The van der Waals surface area contributed by atoms with Gasteiger partial charge in [0, 0.05) is 64.1 Å². The van der Waals surface area contributed by atoms with Crippen molar-refractivity contribution in [2.24, 2.45) is 0 Å². The highest BCUT2D eigenvalue weighted by Crippen LogP contribution is 2.30. The summed E-state index contributed by atoms with van der Waals surface area (Å²) in [5, 5.41) is 0. The van der Waals surface area contributed by atoms with Crippen LogP contribution in [0.2, 0.25) is 0 Å². The number of carbonyl (C=O) groups is 1. The van der Waals surface area contributed by atoms with Crippen LogP contribution in [0.1, 0.15) is 24.8 Å². The lowest BCUT2D eigenvalue weighted by Crippen LogP contribution is -2.56. The number of halogens is 3. The number of hydrogen-bond donors (Lipinski definition) is 0. The standard InChI is InChI=1S/C21H29F3N4O/c22-21(23,24)17-4-6-19(7-5-17)26-10-8-25(9-11-26)16-20(29)28-14-12-27(13-15-28)18-2-1-3-18/h4-7,18H,1-3,8-16H2. The van der Waals surface area contributed by atoms with Crippen molar-refractivity contribution >= 4 is 11.6 Å². The van der Waals surface area contributed by atoms with E-state index in [0.29, 0.717) is 19.6 Å². The van der Waals surface area contributed by atoms with Crippen molar-refractivity contribution in [3.63, 3.8) is 0 Å². The number of anilines is 1. The second-order valence-electron chi connectivity index (χ2n) is 8.31. The minimum atomic E-state index is -4.30. The first-order chi connectivity index (χ1) is 13.9. The van der Waals surface area contributed by atoms with Gasteiger partial charge in [0.25, 0.3) is 0 Å². The van der Waals surface area contributed by atoms with E-state index in [-0.39, 0.29) is 5.91 Å². The van der Waals surface area contributed by atoms with Crippen molar-refractivity contribution in [3.8, 4) is 0 Å². The number of hydrogen-bond acceptors (Lipinski definition) is 4. The fourth-order valence-electron chi connectivity index (χ4n) is 4.41. The lowest BCUT2D eigenvalue weighted by atomic mass is 9.91. The van der Waals surface area contributed by atoms with Crippen LogP contribution < -0.4 is 4.90 Å². The van der Waals surface area contributed by atoms with Crippen LogP contribution in [0.5, 0.6) is 0 Å². The molecule has 0 atom stereocenters. The van der Waals surface area contributed by atoms with Crippen molar-refractivity contribution in [1.82, 2.24) is 14.7 Å². The summed E-state index contributed by atoms with van der Waals surface area (Å²) in [6.45, 7) is 6.97. The number of nitrogens with zero attached hydrogens (tertiary/aromatic N) is 4. The van der Waals surface area contributed by atoms with E-state index in [1.165, 1.54) is 31.4 Å². The maximum atomic E-state index is 12.7. The van der Waals surface area contributed by atoms with Gasteiger partial charge in [-0.2, -0.15) is 13.2 Å². The van der Waals surface area contributed by atoms with Crippen LogP contribution in [0.25, 0.3) is 0 Å². The van der Waals surface area contributed by atoms with Gasteiger partial charge in [-0.15, -0.1) is 0 Å². The van der Waals surface area contributed by atoms with Gasteiger partial charge in [0.1, 0.15) is 0 Å². The zero-order chi connectivity index (χ0) is 20.4. The Bertz CT molecular complexity index is 689. The Morgan fingerprint density at radius 1 is 0.897 bits per heavy atom. The molecule has 29 heavy (non-hydrogen) atoms. The summed E-state index contributed by atoms with van der Waals surface area (Å²) >= 11 is 0. The molecular formula is C21H29F3N4O. The third-order valence-electron chi connectivity index (χ3n) is 6.55. The summed E-state index contributed by atoms with van der Waals surface area (Å²) in [4.78, 5) is 21.4. The molecule has 0 bridgehead atoms. The Balaban J connectivity index is 1.21. The van der Waals surface area contributed by atoms with Crippen LogP contribution in [0.3, 0.4) is 0 Å². The van der Waals surface area contributed by atoms with E-state index in [0.717, 1.165) is 63.1 Å². The number of rotatable bonds is 4. The van der Waals surface area contributed by atoms with Gasteiger partial charge in [0.2, 0.25) is 5.91 Å². The summed E-state index contributed by atoms with van der Waals surface area (Å²) in [5.41, 5.74) is 0.180. The van der Waals surface area contributed by atoms with Crippen molar-refractivity contribution in [1.29, 1.82) is 0 Å². The summed E-state index contributed by atoms with van der Waals surface area (Å²) in [6, 6.07) is 6.07. The van der Waals surface area contributed by atoms with Crippen molar-refractivity contribution < 1.29 is 18.0 Å². The molecule has 1 aliphatic carbocycles. The Kier molecular flexibility index (Phi) is 6.01. The number of benzene rings is 1. The fraction of sp³-hybridized carbons (Fsp3) is 0.667. The largest absolute Gasteiger partial charge is 0.416 e. The SMILES string of the molecule is O=C(CN1CCN(c2ccc(C(F)(F)F)cc2)CC1)N1CCN(C2CCC2)CC1. The molecule has 1 saturated carbocycles. The topological polar surface area (TPSA) is 30.0 Å². The molecule has 0 aromatic heterocycles. The summed E-state index contributed by atoms with van der Waals surface area (Å²) < 4.78 is 38.1. The van der Waals surface area contributed by atoms with Gasteiger partial charge in [-0.1, -0.05) is 6.42 Å². The second-order valence-corrected chi connectivity index (χ2v) is 8.31. The van der Waals surface area contributed by atoms with E-state index in [4.69, 9.17) is 0 Å². The molecule has 0 spiro atoms. The Morgan fingerprint density at radius 3 is 2.03 bits per heavy atom. The summed E-state index contributed by atoms with van der Waals surface area (Å²) in [6.07, 6.45) is -0.364. The van der Waals surface area contributed by atoms with Gasteiger partial charge in [0.05, 0.1) is 12.1 Å². The van der Waals surface area contributed by atoms with Gasteiger partial charge in [-0.3, -0.25) is 14.6 Å². The maximum absolute atomic E-state index is 12.7. The summed E-state index contributed by atoms with van der Waals surface area (Å²) in [7, 11) is 0. The normalized spacial score (nSPS) is 22.6. The van der Waals surface area contributed by atoms with E-state index in [1.54, 1.807) is 0 Å². The van der Waals surface area contributed by atoms with Gasteiger partial charge in [0.15, 0.2) is 0 Å². The molecule has 3 fully saturated rings. The van der Waals surface area contributed by atoms with Gasteiger partial charge in [-0.25, -0.2) is 0 Å². The number of piperazine rings is 2. The van der Waals surface area contributed by atoms with E-state index in [2.05, 4.69) is 14.7 Å². The van der Waals surface area contributed by atoms with Crippen molar-refractivity contribution in [3.05, 3.63) is 29.8 Å². The van der Waals surface area contributed by atoms with Gasteiger partial charge in [-0.05, 0) is 37.1 Å². The maximum Gasteiger partial charge on any atom is 0.416 e. The Labute approximate surface area is 170 Å². The van der Waals surface area contributed by atoms with Crippen LogP contribution >= 0.6 is 0 Å². The first kappa shape index (κ1) is 20.5. The molecule has 2 saturated heterocycles. The Hall–Kier alpha value is -1.80. The minimum Gasteiger partial charge on any atom is -0.369 e. The van der Waals surface area contributed by atoms with Crippen molar-refractivity contribution in [2.45, 2.75) is 31.5 Å². The highest BCUT2D eigenvalue weighted by Gasteiger charge is 2.31. The van der Waals surface area contributed by atoms with Crippen LogP contribution in [0, 0.1) is 0 Å². The molecule has 0 unspecified atom stereocenters. The molecule has 5 nitrogen and oxygen atoms in total. The van der Waals surface area contributed by atoms with Crippen LogP contribution in [-0.2, 0) is 11.0 Å².